The summed E-state index contributed by atoms with van der Waals surface area (Å²) in [6, 6.07) is 1.17. The van der Waals surface area contributed by atoms with Crippen molar-refractivity contribution in [3.63, 3.8) is 0 Å². The highest BCUT2D eigenvalue weighted by molar-refractivity contribution is 4.95. The number of hydrogen-bond donors (Lipinski definition) is 0. The molecule has 3 saturated heterocycles. The van der Waals surface area contributed by atoms with Gasteiger partial charge in [-0.05, 0) is 40.5 Å². The third-order valence-corrected chi connectivity index (χ3v) is 4.93. The van der Waals surface area contributed by atoms with E-state index < -0.39 is 0 Å². The standard InChI is InChI=1S/C18H36N2O4/c1-5-21-17(22-6-2)13-19-11-16-10-9-15(19)12-20(16)14-18(23-7-3)24-8-4/h15-18H,5-14H2,1-4H3/t15-,16+. The second kappa shape index (κ2) is 10.7. The molecule has 2 atom stereocenters. The molecule has 3 fully saturated rings. The Morgan fingerprint density at radius 2 is 1.00 bits per heavy atom. The van der Waals surface area contributed by atoms with Crippen molar-refractivity contribution in [2.24, 2.45) is 0 Å². The molecule has 2 bridgehead atoms. The van der Waals surface area contributed by atoms with Crippen molar-refractivity contribution in [2.45, 2.75) is 65.2 Å². The molecule has 0 N–H and O–H groups in total. The highest BCUT2D eigenvalue weighted by atomic mass is 16.7. The maximum absolute atomic E-state index is 5.73. The number of ether oxygens (including phenoxy) is 4. The van der Waals surface area contributed by atoms with Gasteiger partial charge < -0.3 is 18.9 Å². The fourth-order valence-corrected chi connectivity index (χ4v) is 3.88. The van der Waals surface area contributed by atoms with Crippen molar-refractivity contribution < 1.29 is 18.9 Å². The minimum Gasteiger partial charge on any atom is -0.352 e. The Hall–Kier alpha value is -0.240. The van der Waals surface area contributed by atoms with E-state index in [-0.39, 0.29) is 12.6 Å². The monoisotopic (exact) mass is 344 g/mol. The first-order valence-corrected chi connectivity index (χ1v) is 9.66. The van der Waals surface area contributed by atoms with Crippen LogP contribution in [0.5, 0.6) is 0 Å². The predicted molar refractivity (Wildman–Crippen MR) is 94.0 cm³/mol. The number of nitrogens with zero attached hydrogens (tertiary/aromatic N) is 2. The lowest BCUT2D eigenvalue weighted by Gasteiger charge is -2.52. The molecule has 0 unspecified atom stereocenters. The summed E-state index contributed by atoms with van der Waals surface area (Å²) < 4.78 is 22.9. The summed E-state index contributed by atoms with van der Waals surface area (Å²) in [5, 5.41) is 0. The molecule has 3 aliphatic heterocycles. The van der Waals surface area contributed by atoms with Gasteiger partial charge in [0.15, 0.2) is 12.6 Å². The minimum absolute atomic E-state index is 0.104. The molecule has 142 valence electrons. The van der Waals surface area contributed by atoms with Crippen LogP contribution in [0.15, 0.2) is 0 Å². The Bertz CT molecular complexity index is 301. The molecular formula is C18H36N2O4. The van der Waals surface area contributed by atoms with Crippen LogP contribution in [-0.4, -0.2) is 87.1 Å². The number of piperazine rings is 1. The topological polar surface area (TPSA) is 43.4 Å². The normalized spacial score (nSPS) is 25.2. The third-order valence-electron chi connectivity index (χ3n) is 4.93. The van der Waals surface area contributed by atoms with Crippen molar-refractivity contribution in [2.75, 3.05) is 52.6 Å². The van der Waals surface area contributed by atoms with E-state index in [4.69, 9.17) is 18.9 Å². The van der Waals surface area contributed by atoms with E-state index in [0.717, 1.165) is 26.2 Å². The van der Waals surface area contributed by atoms with E-state index in [1.165, 1.54) is 12.8 Å². The molecule has 0 aromatic rings. The van der Waals surface area contributed by atoms with E-state index in [1.54, 1.807) is 0 Å². The molecule has 0 amide bonds. The SMILES string of the molecule is CCOC(CN1C[C@@H]2CC[C@@H]1CN2CC(OCC)OCC)OCC. The Morgan fingerprint density at radius 1 is 0.667 bits per heavy atom. The van der Waals surface area contributed by atoms with E-state index in [9.17, 15) is 0 Å². The quantitative estimate of drug-likeness (QED) is 0.504. The summed E-state index contributed by atoms with van der Waals surface area (Å²) in [4.78, 5) is 5.11. The van der Waals surface area contributed by atoms with E-state index >= 15 is 0 Å². The number of piperidine rings is 2. The maximum Gasteiger partial charge on any atom is 0.170 e. The molecule has 6 nitrogen and oxygen atoms in total. The molecule has 3 heterocycles. The van der Waals surface area contributed by atoms with Crippen molar-refractivity contribution in [1.82, 2.24) is 9.80 Å². The zero-order chi connectivity index (χ0) is 17.4. The van der Waals surface area contributed by atoms with Gasteiger partial charge in [0.05, 0.1) is 0 Å². The van der Waals surface area contributed by atoms with Gasteiger partial charge in [-0.2, -0.15) is 0 Å². The average molecular weight is 344 g/mol. The van der Waals surface area contributed by atoms with Gasteiger partial charge in [-0.25, -0.2) is 0 Å². The van der Waals surface area contributed by atoms with Crippen LogP contribution in [0.4, 0.5) is 0 Å². The van der Waals surface area contributed by atoms with Crippen LogP contribution < -0.4 is 0 Å². The lowest BCUT2D eigenvalue weighted by atomic mass is 9.90. The average Bonchev–Trinajstić information content (AvgIpc) is 2.57. The van der Waals surface area contributed by atoms with Crippen LogP contribution in [-0.2, 0) is 18.9 Å². The van der Waals surface area contributed by atoms with Crippen molar-refractivity contribution in [3.8, 4) is 0 Å². The molecule has 6 heteroatoms. The van der Waals surface area contributed by atoms with Gasteiger partial charge in [-0.15, -0.1) is 0 Å². The molecule has 0 aromatic heterocycles. The number of fused-ring (bicyclic) bond motifs is 3. The van der Waals surface area contributed by atoms with Crippen LogP contribution in [0.2, 0.25) is 0 Å². The maximum atomic E-state index is 5.73. The highest BCUT2D eigenvalue weighted by Gasteiger charge is 2.40. The van der Waals surface area contributed by atoms with Gasteiger partial charge in [0.25, 0.3) is 0 Å². The molecule has 24 heavy (non-hydrogen) atoms. The summed E-state index contributed by atoms with van der Waals surface area (Å²) >= 11 is 0. The van der Waals surface area contributed by atoms with Gasteiger partial charge >= 0.3 is 0 Å². The summed E-state index contributed by atoms with van der Waals surface area (Å²) in [5.41, 5.74) is 0. The van der Waals surface area contributed by atoms with Crippen LogP contribution >= 0.6 is 0 Å². The largest absolute Gasteiger partial charge is 0.352 e. The second-order valence-corrected chi connectivity index (χ2v) is 6.47. The zero-order valence-corrected chi connectivity index (χ0v) is 15.9. The van der Waals surface area contributed by atoms with Gasteiger partial charge in [0, 0.05) is 64.7 Å². The van der Waals surface area contributed by atoms with Crippen LogP contribution in [0.25, 0.3) is 0 Å². The molecular weight excluding hydrogens is 308 g/mol. The summed E-state index contributed by atoms with van der Waals surface area (Å²) in [5.74, 6) is 0. The second-order valence-electron chi connectivity index (χ2n) is 6.47. The first-order valence-electron chi connectivity index (χ1n) is 9.66. The molecule has 0 radical (unpaired) electrons. The Morgan fingerprint density at radius 3 is 1.25 bits per heavy atom. The highest BCUT2D eigenvalue weighted by Crippen LogP contribution is 2.29. The van der Waals surface area contributed by atoms with E-state index in [0.29, 0.717) is 38.5 Å². The Balaban J connectivity index is 1.86. The first-order chi connectivity index (χ1) is 11.7. The van der Waals surface area contributed by atoms with E-state index in [2.05, 4.69) is 9.80 Å². The van der Waals surface area contributed by atoms with Crippen LogP contribution in [0, 0.1) is 0 Å². The van der Waals surface area contributed by atoms with Gasteiger partial charge in [0.1, 0.15) is 0 Å². The van der Waals surface area contributed by atoms with Gasteiger partial charge in [-0.1, -0.05) is 0 Å². The number of hydrogen-bond acceptors (Lipinski definition) is 6. The van der Waals surface area contributed by atoms with Gasteiger partial charge in [0.2, 0.25) is 0 Å². The lowest BCUT2D eigenvalue weighted by Crippen LogP contribution is -2.64. The molecule has 3 rings (SSSR count). The minimum atomic E-state index is -0.104. The smallest absolute Gasteiger partial charge is 0.170 e. The van der Waals surface area contributed by atoms with Crippen molar-refractivity contribution in [3.05, 3.63) is 0 Å². The summed E-state index contributed by atoms with van der Waals surface area (Å²) in [6.07, 6.45) is 2.32. The Kier molecular flexibility index (Phi) is 8.94. The fourth-order valence-electron chi connectivity index (χ4n) is 3.88. The molecule has 3 aliphatic rings. The van der Waals surface area contributed by atoms with Crippen molar-refractivity contribution in [1.29, 1.82) is 0 Å². The summed E-state index contributed by atoms with van der Waals surface area (Å²) in [7, 11) is 0. The molecule has 0 aliphatic carbocycles. The first kappa shape index (κ1) is 20.1. The zero-order valence-electron chi connectivity index (χ0n) is 15.9. The number of rotatable bonds is 12. The fraction of sp³-hybridized carbons (Fsp3) is 1.00. The van der Waals surface area contributed by atoms with E-state index in [1.807, 2.05) is 27.7 Å². The third kappa shape index (κ3) is 5.64. The molecule has 0 spiro atoms. The van der Waals surface area contributed by atoms with Crippen LogP contribution in [0.1, 0.15) is 40.5 Å². The van der Waals surface area contributed by atoms with Crippen LogP contribution in [0.3, 0.4) is 0 Å². The van der Waals surface area contributed by atoms with Crippen molar-refractivity contribution >= 4 is 0 Å². The Labute approximate surface area is 147 Å². The molecule has 0 saturated carbocycles. The predicted octanol–water partition coefficient (Wildman–Crippen LogP) is 1.93. The summed E-state index contributed by atoms with van der Waals surface area (Å²) in [6.45, 7) is 14.8. The van der Waals surface area contributed by atoms with Gasteiger partial charge in [-0.3, -0.25) is 9.80 Å². The lowest BCUT2D eigenvalue weighted by molar-refractivity contribution is -0.177. The molecule has 0 aromatic carbocycles.